The molecule has 1 unspecified atom stereocenters. The minimum absolute atomic E-state index is 0.109. The Morgan fingerprint density at radius 3 is 2.50 bits per heavy atom. The Hall–Kier alpha value is -3.35. The van der Waals surface area contributed by atoms with Gasteiger partial charge < -0.3 is 19.6 Å². The van der Waals surface area contributed by atoms with E-state index >= 15 is 0 Å². The number of carboxylic acid groups (broad SMARTS) is 1. The van der Waals surface area contributed by atoms with Crippen LogP contribution in [0.3, 0.4) is 0 Å². The summed E-state index contributed by atoms with van der Waals surface area (Å²) in [7, 11) is 3.23. The molecule has 0 spiro atoms. The Morgan fingerprint density at radius 2 is 1.86 bits per heavy atom. The normalized spacial score (nSPS) is 16.1. The van der Waals surface area contributed by atoms with Crippen molar-refractivity contribution >= 4 is 23.5 Å². The van der Waals surface area contributed by atoms with Crippen molar-refractivity contribution in [3.05, 3.63) is 59.7 Å². The second-order valence-corrected chi connectivity index (χ2v) is 6.77. The van der Waals surface area contributed by atoms with Crippen LogP contribution >= 0.6 is 0 Å². The molecular weight excluding hydrogens is 360 g/mol. The zero-order valence-electron chi connectivity index (χ0n) is 15.8. The number of para-hydroxylation sites is 2. The van der Waals surface area contributed by atoms with Gasteiger partial charge in [-0.3, -0.25) is 9.59 Å². The summed E-state index contributed by atoms with van der Waals surface area (Å²) in [5.74, 6) is -1.05. The molecule has 2 amide bonds. The molecule has 7 heteroatoms. The molecule has 1 atom stereocenters. The first-order valence-electron chi connectivity index (χ1n) is 8.91. The van der Waals surface area contributed by atoms with E-state index in [2.05, 4.69) is 0 Å². The quantitative estimate of drug-likeness (QED) is 0.829. The molecule has 1 N–H and O–H groups in total. The number of carboxylic acids is 1. The van der Waals surface area contributed by atoms with Gasteiger partial charge in [-0.2, -0.15) is 0 Å². The summed E-state index contributed by atoms with van der Waals surface area (Å²) >= 11 is 0. The fourth-order valence-electron chi connectivity index (χ4n) is 3.37. The summed E-state index contributed by atoms with van der Waals surface area (Å²) in [6.07, 6.45) is 0.152. The van der Waals surface area contributed by atoms with Crippen LogP contribution < -0.4 is 9.64 Å². The number of carbonyl (C=O) groups excluding carboxylic acids is 2. The average molecular weight is 382 g/mol. The zero-order valence-corrected chi connectivity index (χ0v) is 15.8. The van der Waals surface area contributed by atoms with E-state index in [-0.39, 0.29) is 23.8 Å². The van der Waals surface area contributed by atoms with Crippen LogP contribution in [0.25, 0.3) is 0 Å². The zero-order chi connectivity index (χ0) is 20.3. The van der Waals surface area contributed by atoms with Gasteiger partial charge in [0.25, 0.3) is 0 Å². The smallest absolute Gasteiger partial charge is 0.335 e. The topological polar surface area (TPSA) is 87.2 Å². The van der Waals surface area contributed by atoms with Gasteiger partial charge in [0.1, 0.15) is 5.75 Å². The Labute approximate surface area is 163 Å². The van der Waals surface area contributed by atoms with Crippen LogP contribution in [-0.4, -0.2) is 48.5 Å². The number of hydrogen-bond acceptors (Lipinski definition) is 4. The molecule has 1 aliphatic heterocycles. The van der Waals surface area contributed by atoms with Crippen LogP contribution in [0.1, 0.15) is 22.3 Å². The molecule has 0 bridgehead atoms. The van der Waals surface area contributed by atoms with Crippen molar-refractivity contribution in [3.8, 4) is 5.75 Å². The summed E-state index contributed by atoms with van der Waals surface area (Å²) in [6.45, 7) is 0.651. The van der Waals surface area contributed by atoms with Gasteiger partial charge in [0, 0.05) is 26.6 Å². The van der Waals surface area contributed by atoms with Crippen molar-refractivity contribution in [2.45, 2.75) is 13.0 Å². The van der Waals surface area contributed by atoms with Crippen molar-refractivity contribution in [2.75, 3.05) is 25.6 Å². The monoisotopic (exact) mass is 382 g/mol. The standard InChI is InChI=1S/C21H22N2O5/c1-22(12-14-7-9-15(10-8-14)21(26)27)20(25)16-11-19(24)23(13-16)17-5-3-4-6-18(17)28-2/h3-10,16H,11-13H2,1-2H3,(H,26,27). The highest BCUT2D eigenvalue weighted by atomic mass is 16.5. The molecule has 1 fully saturated rings. The van der Waals surface area contributed by atoms with Crippen molar-refractivity contribution in [2.24, 2.45) is 5.92 Å². The Bertz CT molecular complexity index is 894. The maximum Gasteiger partial charge on any atom is 0.335 e. The lowest BCUT2D eigenvalue weighted by molar-refractivity contribution is -0.135. The largest absolute Gasteiger partial charge is 0.495 e. The van der Waals surface area contributed by atoms with Gasteiger partial charge in [0.2, 0.25) is 11.8 Å². The molecule has 1 aliphatic rings. The number of rotatable bonds is 6. The molecule has 146 valence electrons. The number of ether oxygens (including phenoxy) is 1. The van der Waals surface area contributed by atoms with Crippen LogP contribution in [0.4, 0.5) is 5.69 Å². The van der Waals surface area contributed by atoms with E-state index in [1.165, 1.54) is 12.1 Å². The molecular formula is C21H22N2O5. The minimum atomic E-state index is -0.989. The third kappa shape index (κ3) is 3.98. The molecule has 0 radical (unpaired) electrons. The van der Waals surface area contributed by atoms with Gasteiger partial charge >= 0.3 is 5.97 Å². The second kappa shape index (κ2) is 8.12. The van der Waals surface area contributed by atoms with E-state index in [4.69, 9.17) is 9.84 Å². The molecule has 1 saturated heterocycles. The van der Waals surface area contributed by atoms with E-state index in [0.29, 0.717) is 24.5 Å². The van der Waals surface area contributed by atoms with Gasteiger partial charge in [-0.25, -0.2) is 4.79 Å². The number of nitrogens with zero attached hydrogens (tertiary/aromatic N) is 2. The third-order valence-corrected chi connectivity index (χ3v) is 4.85. The van der Waals surface area contributed by atoms with E-state index in [0.717, 1.165) is 5.56 Å². The molecule has 2 aromatic carbocycles. The Morgan fingerprint density at radius 1 is 1.18 bits per heavy atom. The highest BCUT2D eigenvalue weighted by Crippen LogP contribution is 2.33. The maximum atomic E-state index is 12.8. The first-order chi connectivity index (χ1) is 13.4. The van der Waals surface area contributed by atoms with Gasteiger partial charge in [-0.15, -0.1) is 0 Å². The summed E-state index contributed by atoms with van der Waals surface area (Å²) in [4.78, 5) is 39.4. The fraction of sp³-hybridized carbons (Fsp3) is 0.286. The van der Waals surface area contributed by atoms with Crippen LogP contribution in [0.5, 0.6) is 5.75 Å². The van der Waals surface area contributed by atoms with Gasteiger partial charge in [0.05, 0.1) is 24.3 Å². The maximum absolute atomic E-state index is 12.8. The van der Waals surface area contributed by atoms with Gasteiger partial charge in [-0.05, 0) is 29.8 Å². The highest BCUT2D eigenvalue weighted by Gasteiger charge is 2.37. The average Bonchev–Trinajstić information content (AvgIpc) is 3.09. The molecule has 0 aliphatic carbocycles. The number of amides is 2. The molecule has 7 nitrogen and oxygen atoms in total. The Kier molecular flexibility index (Phi) is 5.63. The molecule has 28 heavy (non-hydrogen) atoms. The summed E-state index contributed by atoms with van der Waals surface area (Å²) in [5, 5.41) is 8.96. The van der Waals surface area contributed by atoms with Crippen molar-refractivity contribution < 1.29 is 24.2 Å². The van der Waals surface area contributed by atoms with Crippen molar-refractivity contribution in [1.82, 2.24) is 4.90 Å². The summed E-state index contributed by atoms with van der Waals surface area (Å²) < 4.78 is 5.32. The lowest BCUT2D eigenvalue weighted by atomic mass is 10.1. The van der Waals surface area contributed by atoms with Gasteiger partial charge in [0.15, 0.2) is 0 Å². The highest BCUT2D eigenvalue weighted by molar-refractivity contribution is 6.01. The minimum Gasteiger partial charge on any atom is -0.495 e. The van der Waals surface area contributed by atoms with E-state index < -0.39 is 11.9 Å². The Balaban J connectivity index is 1.67. The van der Waals surface area contributed by atoms with Crippen LogP contribution in [0, 0.1) is 5.92 Å². The number of carbonyl (C=O) groups is 3. The van der Waals surface area contributed by atoms with Crippen molar-refractivity contribution in [1.29, 1.82) is 0 Å². The molecule has 3 rings (SSSR count). The molecule has 0 aromatic heterocycles. The molecule has 0 saturated carbocycles. The number of methoxy groups -OCH3 is 1. The third-order valence-electron chi connectivity index (χ3n) is 4.85. The lowest BCUT2D eigenvalue weighted by Gasteiger charge is -2.22. The number of aromatic carboxylic acids is 1. The number of anilines is 1. The summed E-state index contributed by atoms with van der Waals surface area (Å²) in [6, 6.07) is 13.6. The first-order valence-corrected chi connectivity index (χ1v) is 8.91. The van der Waals surface area contributed by atoms with E-state index in [1.54, 1.807) is 48.2 Å². The molecule has 2 aromatic rings. The fourth-order valence-corrected chi connectivity index (χ4v) is 3.37. The summed E-state index contributed by atoms with van der Waals surface area (Å²) in [5.41, 5.74) is 1.69. The predicted molar refractivity (Wildman–Crippen MR) is 103 cm³/mol. The van der Waals surface area contributed by atoms with E-state index in [9.17, 15) is 14.4 Å². The van der Waals surface area contributed by atoms with Crippen LogP contribution in [-0.2, 0) is 16.1 Å². The number of hydrogen-bond donors (Lipinski definition) is 1. The second-order valence-electron chi connectivity index (χ2n) is 6.77. The van der Waals surface area contributed by atoms with E-state index in [1.807, 2.05) is 12.1 Å². The molecule has 1 heterocycles. The first kappa shape index (κ1) is 19.4. The van der Waals surface area contributed by atoms with Crippen LogP contribution in [0.15, 0.2) is 48.5 Å². The SMILES string of the molecule is COc1ccccc1N1CC(C(=O)N(C)Cc2ccc(C(=O)O)cc2)CC1=O. The van der Waals surface area contributed by atoms with Crippen LogP contribution in [0.2, 0.25) is 0 Å². The van der Waals surface area contributed by atoms with Crippen molar-refractivity contribution in [3.63, 3.8) is 0 Å². The lowest BCUT2D eigenvalue weighted by Crippen LogP contribution is -2.34. The number of benzene rings is 2. The predicted octanol–water partition coefficient (Wildman–Crippen LogP) is 2.40. The van der Waals surface area contributed by atoms with Gasteiger partial charge in [-0.1, -0.05) is 24.3 Å².